The van der Waals surface area contributed by atoms with Crippen molar-refractivity contribution in [2.45, 2.75) is 19.3 Å². The molecule has 1 unspecified atom stereocenters. The largest absolute Gasteiger partial charge is 0.481 e. The fourth-order valence-corrected chi connectivity index (χ4v) is 2.74. The van der Waals surface area contributed by atoms with Gasteiger partial charge in [0.25, 0.3) is 0 Å². The highest BCUT2D eigenvalue weighted by Gasteiger charge is 2.22. The molecule has 2 aromatic heterocycles. The van der Waals surface area contributed by atoms with E-state index in [-0.39, 0.29) is 12.3 Å². The van der Waals surface area contributed by atoms with Crippen molar-refractivity contribution in [3.05, 3.63) is 71.7 Å². The van der Waals surface area contributed by atoms with E-state index in [1.54, 1.807) is 6.20 Å². The normalized spacial score (nSPS) is 12.4. The maximum Gasteiger partial charge on any atom is 0.304 e. The smallest absolute Gasteiger partial charge is 0.304 e. The summed E-state index contributed by atoms with van der Waals surface area (Å²) in [5.41, 5.74) is 3.86. The van der Waals surface area contributed by atoms with Crippen LogP contribution in [0.1, 0.15) is 29.2 Å². The first-order valence-corrected chi connectivity index (χ1v) is 6.86. The van der Waals surface area contributed by atoms with Gasteiger partial charge in [-0.3, -0.25) is 4.79 Å². The number of hydrogen-bond donors (Lipinski definition) is 1. The van der Waals surface area contributed by atoms with Crippen molar-refractivity contribution in [2.24, 2.45) is 0 Å². The molecule has 0 saturated heterocycles. The lowest BCUT2D eigenvalue weighted by molar-refractivity contribution is -0.137. The molecule has 0 aliphatic heterocycles. The maximum atomic E-state index is 11.3. The molecule has 1 aromatic carbocycles. The van der Waals surface area contributed by atoms with E-state index in [1.165, 1.54) is 0 Å². The van der Waals surface area contributed by atoms with Gasteiger partial charge in [0.1, 0.15) is 5.65 Å². The number of hydrogen-bond acceptors (Lipinski definition) is 2. The lowest BCUT2D eigenvalue weighted by Crippen LogP contribution is -2.11. The van der Waals surface area contributed by atoms with Crippen LogP contribution >= 0.6 is 0 Å². The summed E-state index contributed by atoms with van der Waals surface area (Å²) in [6, 6.07) is 13.7. The summed E-state index contributed by atoms with van der Waals surface area (Å²) in [6.45, 7) is 2.01. The number of nitrogens with zero attached hydrogens (tertiary/aromatic N) is 2. The molecule has 4 heteroatoms. The quantitative estimate of drug-likeness (QED) is 0.798. The second-order valence-electron chi connectivity index (χ2n) is 5.12. The third-order valence-electron chi connectivity index (χ3n) is 3.75. The average molecular weight is 280 g/mol. The summed E-state index contributed by atoms with van der Waals surface area (Å²) >= 11 is 0. The molecule has 0 fully saturated rings. The lowest BCUT2D eigenvalue weighted by Gasteiger charge is -2.17. The number of carbonyl (C=O) groups is 1. The van der Waals surface area contributed by atoms with Gasteiger partial charge in [-0.2, -0.15) is 0 Å². The Kier molecular flexibility index (Phi) is 3.44. The van der Waals surface area contributed by atoms with Crippen molar-refractivity contribution in [3.63, 3.8) is 0 Å². The summed E-state index contributed by atoms with van der Waals surface area (Å²) < 4.78 is 1.96. The number of fused-ring (bicyclic) bond motifs is 1. The van der Waals surface area contributed by atoms with Gasteiger partial charge in [0.2, 0.25) is 0 Å². The van der Waals surface area contributed by atoms with Crippen LogP contribution in [0, 0.1) is 6.92 Å². The van der Waals surface area contributed by atoms with Crippen molar-refractivity contribution >= 4 is 11.6 Å². The Morgan fingerprint density at radius 2 is 2.00 bits per heavy atom. The molecule has 0 spiro atoms. The van der Waals surface area contributed by atoms with Gasteiger partial charge in [0.15, 0.2) is 0 Å². The van der Waals surface area contributed by atoms with Crippen LogP contribution in [-0.4, -0.2) is 20.5 Å². The molecule has 106 valence electrons. The predicted molar refractivity (Wildman–Crippen MR) is 80.5 cm³/mol. The first kappa shape index (κ1) is 13.4. The van der Waals surface area contributed by atoms with Gasteiger partial charge in [0, 0.05) is 18.3 Å². The highest BCUT2D eigenvalue weighted by Crippen LogP contribution is 2.30. The molecule has 0 saturated carbocycles. The third kappa shape index (κ3) is 2.52. The van der Waals surface area contributed by atoms with Crippen LogP contribution in [0.2, 0.25) is 0 Å². The molecule has 1 atom stereocenters. The van der Waals surface area contributed by atoms with Gasteiger partial charge in [-0.1, -0.05) is 30.3 Å². The van der Waals surface area contributed by atoms with Crippen LogP contribution in [0.3, 0.4) is 0 Å². The fourth-order valence-electron chi connectivity index (χ4n) is 2.74. The van der Waals surface area contributed by atoms with E-state index in [0.29, 0.717) is 0 Å². The number of imidazole rings is 1. The van der Waals surface area contributed by atoms with E-state index >= 15 is 0 Å². The minimum atomic E-state index is -0.811. The first-order valence-electron chi connectivity index (χ1n) is 6.86. The molecule has 21 heavy (non-hydrogen) atoms. The Labute approximate surface area is 122 Å². The molecule has 1 N–H and O–H groups in total. The number of aryl methyl sites for hydroxylation is 1. The molecular formula is C17H16N2O2. The monoisotopic (exact) mass is 280 g/mol. The third-order valence-corrected chi connectivity index (χ3v) is 3.75. The van der Waals surface area contributed by atoms with Crippen molar-refractivity contribution < 1.29 is 9.90 Å². The summed E-state index contributed by atoms with van der Waals surface area (Å²) in [5.74, 6) is -1.02. The van der Waals surface area contributed by atoms with Crippen LogP contribution < -0.4 is 0 Å². The molecule has 0 amide bonds. The van der Waals surface area contributed by atoms with Crippen LogP contribution in [-0.2, 0) is 4.79 Å². The van der Waals surface area contributed by atoms with E-state index in [4.69, 9.17) is 0 Å². The molecule has 2 heterocycles. The number of aromatic nitrogens is 2. The second kappa shape index (κ2) is 5.40. The zero-order valence-corrected chi connectivity index (χ0v) is 11.7. The van der Waals surface area contributed by atoms with Gasteiger partial charge < -0.3 is 9.51 Å². The molecule has 3 rings (SSSR count). The highest BCUT2D eigenvalue weighted by molar-refractivity contribution is 5.69. The number of aliphatic carboxylic acids is 1. The van der Waals surface area contributed by atoms with Gasteiger partial charge >= 0.3 is 5.97 Å². The number of rotatable bonds is 4. The molecule has 0 aliphatic carbocycles. The number of carboxylic acid groups (broad SMARTS) is 1. The van der Waals surface area contributed by atoms with E-state index in [1.807, 2.05) is 60.0 Å². The molecular weight excluding hydrogens is 264 g/mol. The Balaban J connectivity index is 2.16. The number of carboxylic acids is 1. The summed E-state index contributed by atoms with van der Waals surface area (Å²) in [5, 5.41) is 9.28. The zero-order valence-electron chi connectivity index (χ0n) is 11.7. The van der Waals surface area contributed by atoms with Crippen molar-refractivity contribution in [3.8, 4) is 0 Å². The Morgan fingerprint density at radius 1 is 1.24 bits per heavy atom. The minimum Gasteiger partial charge on any atom is -0.481 e. The summed E-state index contributed by atoms with van der Waals surface area (Å²) in [7, 11) is 0. The number of benzene rings is 1. The zero-order chi connectivity index (χ0) is 14.8. The van der Waals surface area contributed by atoms with Crippen molar-refractivity contribution in [2.75, 3.05) is 0 Å². The highest BCUT2D eigenvalue weighted by atomic mass is 16.4. The van der Waals surface area contributed by atoms with E-state index < -0.39 is 5.97 Å². The molecule has 0 bridgehead atoms. The number of pyridine rings is 1. The van der Waals surface area contributed by atoms with Crippen molar-refractivity contribution in [1.29, 1.82) is 0 Å². The van der Waals surface area contributed by atoms with Crippen LogP contribution in [0.15, 0.2) is 54.9 Å². The Bertz CT molecular complexity index is 792. The minimum absolute atomic E-state index is 0.0491. The predicted octanol–water partition coefficient (Wildman–Crippen LogP) is 3.25. The van der Waals surface area contributed by atoms with E-state index in [0.717, 1.165) is 22.5 Å². The molecule has 0 aliphatic rings. The van der Waals surface area contributed by atoms with E-state index in [9.17, 15) is 9.90 Å². The van der Waals surface area contributed by atoms with Gasteiger partial charge in [-0.05, 0) is 30.2 Å². The maximum absolute atomic E-state index is 11.3. The van der Waals surface area contributed by atoms with Crippen LogP contribution in [0.4, 0.5) is 0 Å². The SMILES string of the molecule is Cc1ccccc1C(CC(=O)O)c1cnc2ccccn12. The lowest BCUT2D eigenvalue weighted by atomic mass is 9.89. The Hall–Kier alpha value is -2.62. The van der Waals surface area contributed by atoms with Crippen LogP contribution in [0.5, 0.6) is 0 Å². The topological polar surface area (TPSA) is 54.6 Å². The molecule has 0 radical (unpaired) electrons. The van der Waals surface area contributed by atoms with Gasteiger partial charge in [-0.15, -0.1) is 0 Å². The molecule has 3 aromatic rings. The summed E-state index contributed by atoms with van der Waals surface area (Å²) in [6.07, 6.45) is 3.74. The fraction of sp³-hybridized carbons (Fsp3) is 0.176. The molecule has 4 nitrogen and oxygen atoms in total. The van der Waals surface area contributed by atoms with Crippen molar-refractivity contribution in [1.82, 2.24) is 9.38 Å². The summed E-state index contributed by atoms with van der Waals surface area (Å²) in [4.78, 5) is 15.7. The second-order valence-corrected chi connectivity index (χ2v) is 5.12. The van der Waals surface area contributed by atoms with Gasteiger partial charge in [-0.25, -0.2) is 4.98 Å². The van der Waals surface area contributed by atoms with Gasteiger partial charge in [0.05, 0.1) is 12.1 Å². The van der Waals surface area contributed by atoms with Crippen LogP contribution in [0.25, 0.3) is 5.65 Å². The van der Waals surface area contributed by atoms with E-state index in [2.05, 4.69) is 4.98 Å². The first-order chi connectivity index (χ1) is 10.2. The Morgan fingerprint density at radius 3 is 2.76 bits per heavy atom. The standard InChI is InChI=1S/C17H16N2O2/c1-12-6-2-3-7-13(12)14(10-17(20)21)15-11-18-16-8-4-5-9-19(15)16/h2-9,11,14H,10H2,1H3,(H,20,21). The average Bonchev–Trinajstić information content (AvgIpc) is 2.89.